The number of hydrogen-bond acceptors (Lipinski definition) is 10. The Morgan fingerprint density at radius 3 is 2.19 bits per heavy atom. The van der Waals surface area contributed by atoms with Gasteiger partial charge < -0.3 is 40.8 Å². The summed E-state index contributed by atoms with van der Waals surface area (Å²) in [7, 11) is 0. The fourth-order valence-electron chi connectivity index (χ4n) is 5.23. The molecule has 266 valence electrons. The Hall–Kier alpha value is -3.53. The van der Waals surface area contributed by atoms with E-state index in [4.69, 9.17) is 14.2 Å². The summed E-state index contributed by atoms with van der Waals surface area (Å²) in [6, 6.07) is 7.48. The first-order valence-electron chi connectivity index (χ1n) is 16.5. The van der Waals surface area contributed by atoms with Gasteiger partial charge in [-0.15, -0.1) is 0 Å². The number of anilines is 1. The Kier molecular flexibility index (Phi) is 18.0. The molecule has 2 aliphatic rings. The monoisotopic (exact) mass is 691 g/mol. The minimum atomic E-state index is -0.306. The number of fused-ring (bicyclic) bond motifs is 1. The van der Waals surface area contributed by atoms with Gasteiger partial charge in [0.1, 0.15) is 24.8 Å². The van der Waals surface area contributed by atoms with E-state index in [1.165, 1.54) is 6.92 Å². The van der Waals surface area contributed by atoms with Crippen molar-refractivity contribution in [3.05, 3.63) is 29.8 Å². The molecule has 2 aliphatic heterocycles. The molecule has 2 fully saturated rings. The molecule has 1 aromatic rings. The molecule has 3 atom stereocenters. The summed E-state index contributed by atoms with van der Waals surface area (Å²) in [6.45, 7) is 3.09. The number of amides is 5. The largest absolute Gasteiger partial charge is 0.377 e. The highest BCUT2D eigenvalue weighted by molar-refractivity contribution is 8.00. The lowest BCUT2D eigenvalue weighted by Crippen LogP contribution is -2.36. The van der Waals surface area contributed by atoms with Gasteiger partial charge >= 0.3 is 6.03 Å². The summed E-state index contributed by atoms with van der Waals surface area (Å²) in [4.78, 5) is 70.2. The summed E-state index contributed by atoms with van der Waals surface area (Å²) in [6.07, 6.45) is 4.61. The SMILES string of the molecule is CC(=O)CC(=O)CCc1ccc(NC(=O)COCCOCCOCC(=O)NCCCNC(=O)CCCCC2SCC3NC(=O)NC32)cc1. The maximum absolute atomic E-state index is 12.1. The van der Waals surface area contributed by atoms with E-state index in [0.29, 0.717) is 49.7 Å². The number of ketones is 2. The van der Waals surface area contributed by atoms with Gasteiger partial charge in [-0.3, -0.25) is 24.0 Å². The number of Topliss-reactive ketones (excluding diaryl/α,β-unsaturated/α-hetero) is 2. The Bertz CT molecular complexity index is 1220. The molecule has 3 rings (SSSR count). The van der Waals surface area contributed by atoms with E-state index in [1.54, 1.807) is 12.1 Å². The first-order valence-corrected chi connectivity index (χ1v) is 17.6. The zero-order valence-electron chi connectivity index (χ0n) is 27.6. The highest BCUT2D eigenvalue weighted by Crippen LogP contribution is 2.33. The Morgan fingerprint density at radius 1 is 0.812 bits per heavy atom. The molecule has 3 unspecified atom stereocenters. The van der Waals surface area contributed by atoms with Crippen LogP contribution in [0.5, 0.6) is 0 Å². The van der Waals surface area contributed by atoms with Crippen molar-refractivity contribution in [3.63, 3.8) is 0 Å². The molecule has 5 N–H and O–H groups in total. The molecule has 15 heteroatoms. The van der Waals surface area contributed by atoms with Crippen LogP contribution in [0.3, 0.4) is 0 Å². The van der Waals surface area contributed by atoms with Gasteiger partial charge in [0.15, 0.2) is 0 Å². The van der Waals surface area contributed by atoms with E-state index in [1.807, 2.05) is 23.9 Å². The van der Waals surface area contributed by atoms with E-state index in [-0.39, 0.29) is 93.5 Å². The lowest BCUT2D eigenvalue weighted by atomic mass is 10.0. The van der Waals surface area contributed by atoms with Gasteiger partial charge in [-0.05, 0) is 50.3 Å². The van der Waals surface area contributed by atoms with Crippen LogP contribution >= 0.6 is 11.8 Å². The Morgan fingerprint density at radius 2 is 1.48 bits per heavy atom. The van der Waals surface area contributed by atoms with Gasteiger partial charge in [-0.1, -0.05) is 18.6 Å². The second-order valence-corrected chi connectivity index (χ2v) is 13.1. The van der Waals surface area contributed by atoms with Gasteiger partial charge in [0.05, 0.1) is 44.9 Å². The standard InChI is InChI=1S/C33H49N5O9S/c1-23(39)19-26(40)12-9-24-7-10-25(11-8-24)36-31(43)21-47-18-16-45-15-17-46-20-30(42)35-14-4-13-34-29(41)6-3-2-5-28-32-27(22-48-28)37-33(44)38-32/h7-8,10-11,27-28,32H,2-6,9,12-22H2,1H3,(H,34,41)(H,35,42)(H,36,43)(H2,37,38,44). The third kappa shape index (κ3) is 16.0. The van der Waals surface area contributed by atoms with Gasteiger partial charge in [-0.25, -0.2) is 4.79 Å². The molecule has 0 bridgehead atoms. The van der Waals surface area contributed by atoms with Crippen LogP contribution < -0.4 is 26.6 Å². The average Bonchev–Trinajstić information content (AvgIpc) is 3.60. The number of nitrogens with one attached hydrogen (secondary N) is 5. The van der Waals surface area contributed by atoms with Crippen molar-refractivity contribution in [2.24, 2.45) is 0 Å². The second kappa shape index (κ2) is 22.2. The van der Waals surface area contributed by atoms with Gasteiger partial charge in [-0.2, -0.15) is 11.8 Å². The van der Waals surface area contributed by atoms with E-state index in [9.17, 15) is 28.8 Å². The van der Waals surface area contributed by atoms with E-state index in [2.05, 4.69) is 26.6 Å². The Labute approximate surface area is 285 Å². The smallest absolute Gasteiger partial charge is 0.315 e. The maximum atomic E-state index is 12.1. The van der Waals surface area contributed by atoms with Crippen molar-refractivity contribution in [2.75, 3.05) is 63.8 Å². The van der Waals surface area contributed by atoms with Crippen molar-refractivity contribution in [3.8, 4) is 0 Å². The Balaban J connectivity index is 1.06. The molecule has 0 aliphatic carbocycles. The minimum Gasteiger partial charge on any atom is -0.377 e. The molecule has 14 nitrogen and oxygen atoms in total. The lowest BCUT2D eigenvalue weighted by Gasteiger charge is -2.16. The van der Waals surface area contributed by atoms with Crippen molar-refractivity contribution in [1.29, 1.82) is 0 Å². The minimum absolute atomic E-state index is 0.00336. The first kappa shape index (κ1) is 38.9. The van der Waals surface area contributed by atoms with Crippen molar-refractivity contribution in [2.45, 2.75) is 75.6 Å². The third-order valence-electron chi connectivity index (χ3n) is 7.67. The summed E-state index contributed by atoms with van der Waals surface area (Å²) in [5, 5.41) is 14.7. The number of carbonyl (C=O) groups is 6. The molecule has 0 saturated carbocycles. The number of benzene rings is 1. The molecule has 0 spiro atoms. The average molecular weight is 692 g/mol. The van der Waals surface area contributed by atoms with Gasteiger partial charge in [0.25, 0.3) is 0 Å². The first-order chi connectivity index (χ1) is 23.2. The number of thioether (sulfide) groups is 1. The van der Waals surface area contributed by atoms with Crippen molar-refractivity contribution >= 4 is 52.8 Å². The highest BCUT2D eigenvalue weighted by Gasteiger charge is 2.42. The zero-order valence-corrected chi connectivity index (χ0v) is 28.5. The van der Waals surface area contributed by atoms with Crippen LogP contribution in [0.4, 0.5) is 10.5 Å². The number of hydrogen-bond donors (Lipinski definition) is 5. The molecule has 0 aromatic heterocycles. The lowest BCUT2D eigenvalue weighted by molar-refractivity contribution is -0.127. The van der Waals surface area contributed by atoms with Crippen molar-refractivity contribution < 1.29 is 43.0 Å². The number of rotatable bonds is 25. The normalized spacial score (nSPS) is 18.0. The van der Waals surface area contributed by atoms with Crippen LogP contribution in [0, 0.1) is 0 Å². The maximum Gasteiger partial charge on any atom is 0.315 e. The van der Waals surface area contributed by atoms with Crippen LogP contribution in [0.2, 0.25) is 0 Å². The fraction of sp³-hybridized carbons (Fsp3) is 0.636. The molecule has 1 aromatic carbocycles. The molecular weight excluding hydrogens is 642 g/mol. The molecule has 2 saturated heterocycles. The number of urea groups is 1. The van der Waals surface area contributed by atoms with Crippen molar-refractivity contribution in [1.82, 2.24) is 21.3 Å². The number of carbonyl (C=O) groups excluding carboxylic acids is 6. The van der Waals surface area contributed by atoms with Crippen LogP contribution in [0.1, 0.15) is 57.4 Å². The summed E-state index contributed by atoms with van der Waals surface area (Å²) in [5.74, 6) is 0.168. The quantitative estimate of drug-likeness (QED) is 0.0571. The predicted molar refractivity (Wildman–Crippen MR) is 181 cm³/mol. The third-order valence-corrected chi connectivity index (χ3v) is 9.17. The summed E-state index contributed by atoms with van der Waals surface area (Å²) >= 11 is 1.88. The molecular formula is C33H49N5O9S. The highest BCUT2D eigenvalue weighted by atomic mass is 32.2. The molecule has 5 amide bonds. The molecule has 48 heavy (non-hydrogen) atoms. The second-order valence-electron chi connectivity index (χ2n) is 11.8. The number of unbranched alkanes of at least 4 members (excludes halogenated alkanes) is 1. The van der Waals surface area contributed by atoms with Crippen LogP contribution in [-0.4, -0.2) is 111 Å². The molecule has 2 heterocycles. The van der Waals surface area contributed by atoms with E-state index < -0.39 is 0 Å². The number of ether oxygens (including phenoxy) is 3. The molecule has 0 radical (unpaired) electrons. The summed E-state index contributed by atoms with van der Waals surface area (Å²) < 4.78 is 16.0. The van der Waals surface area contributed by atoms with Crippen LogP contribution in [0.15, 0.2) is 24.3 Å². The summed E-state index contributed by atoms with van der Waals surface area (Å²) in [5.41, 5.74) is 1.55. The van der Waals surface area contributed by atoms with Gasteiger partial charge in [0, 0.05) is 42.6 Å². The zero-order chi connectivity index (χ0) is 34.6. The predicted octanol–water partition coefficient (Wildman–Crippen LogP) is 1.50. The van der Waals surface area contributed by atoms with Crippen LogP contribution in [-0.2, 0) is 44.6 Å². The fourth-order valence-corrected chi connectivity index (χ4v) is 6.77. The van der Waals surface area contributed by atoms with Crippen LogP contribution in [0.25, 0.3) is 0 Å². The topological polar surface area (TPSA) is 190 Å². The number of aryl methyl sites for hydroxylation is 1. The van der Waals surface area contributed by atoms with Gasteiger partial charge in [0.2, 0.25) is 17.7 Å². The van der Waals surface area contributed by atoms with E-state index >= 15 is 0 Å². The van der Waals surface area contributed by atoms with E-state index in [0.717, 1.165) is 30.6 Å².